The fourth-order valence-electron chi connectivity index (χ4n) is 2.62. The van der Waals surface area contributed by atoms with E-state index in [9.17, 15) is 20.7 Å². The second kappa shape index (κ2) is 6.02. The fourth-order valence-corrected chi connectivity index (χ4v) is 4.53. The van der Waals surface area contributed by atoms with Gasteiger partial charge in [-0.2, -0.15) is 8.42 Å². The fraction of sp³-hybridized carbons (Fsp3) is 0.538. The Morgan fingerprint density at radius 2 is 1.81 bits per heavy atom. The van der Waals surface area contributed by atoms with Crippen molar-refractivity contribution < 1.29 is 20.7 Å². The lowest BCUT2D eigenvalue weighted by Gasteiger charge is -2.27. The molecular weight excluding hydrogens is 317 g/mol. The zero-order valence-corrected chi connectivity index (χ0v) is 13.3. The Balaban J connectivity index is 2.23. The van der Waals surface area contributed by atoms with Gasteiger partial charge in [0.05, 0.1) is 9.79 Å². The highest BCUT2D eigenvalue weighted by molar-refractivity contribution is 7.89. The molecule has 1 aliphatic carbocycles. The summed E-state index contributed by atoms with van der Waals surface area (Å²) in [7, 11) is -8.77. The molecule has 1 aromatic carbocycles. The first-order chi connectivity index (χ1) is 9.68. The van der Waals surface area contributed by atoms with E-state index in [4.69, 9.17) is 0 Å². The molecule has 0 aliphatic heterocycles. The van der Waals surface area contributed by atoms with Crippen LogP contribution in [0, 0.1) is 5.92 Å². The van der Waals surface area contributed by atoms with Crippen LogP contribution in [0.4, 0.5) is 3.89 Å². The molecule has 1 N–H and O–H groups in total. The highest BCUT2D eigenvalue weighted by atomic mass is 32.3. The van der Waals surface area contributed by atoms with Crippen LogP contribution in [0.3, 0.4) is 0 Å². The van der Waals surface area contributed by atoms with Gasteiger partial charge in [-0.25, -0.2) is 13.1 Å². The number of hydrogen-bond donors (Lipinski definition) is 1. The predicted molar refractivity (Wildman–Crippen MR) is 76.5 cm³/mol. The third kappa shape index (κ3) is 4.24. The van der Waals surface area contributed by atoms with Crippen LogP contribution in [0.5, 0.6) is 0 Å². The summed E-state index contributed by atoms with van der Waals surface area (Å²) < 4.78 is 61.8. The van der Waals surface area contributed by atoms with Gasteiger partial charge in [0.1, 0.15) is 0 Å². The van der Waals surface area contributed by atoms with Gasteiger partial charge in [-0.15, -0.1) is 3.89 Å². The second-order valence-electron chi connectivity index (χ2n) is 5.50. The van der Waals surface area contributed by atoms with Crippen LogP contribution in [0.25, 0.3) is 0 Å². The van der Waals surface area contributed by atoms with E-state index >= 15 is 0 Å². The molecule has 0 radical (unpaired) electrons. The molecule has 21 heavy (non-hydrogen) atoms. The van der Waals surface area contributed by atoms with Gasteiger partial charge in [0, 0.05) is 6.04 Å². The molecule has 8 heteroatoms. The van der Waals surface area contributed by atoms with Gasteiger partial charge in [0.15, 0.2) is 0 Å². The van der Waals surface area contributed by atoms with Crippen molar-refractivity contribution >= 4 is 20.2 Å². The Morgan fingerprint density at radius 3 is 2.43 bits per heavy atom. The highest BCUT2D eigenvalue weighted by Crippen LogP contribution is 2.25. The van der Waals surface area contributed by atoms with Gasteiger partial charge in [-0.3, -0.25) is 0 Å². The number of nitrogens with one attached hydrogen (secondary N) is 1. The van der Waals surface area contributed by atoms with E-state index in [1.54, 1.807) is 0 Å². The number of halogens is 1. The maximum atomic E-state index is 13.0. The molecule has 0 aromatic heterocycles. The molecule has 0 bridgehead atoms. The van der Waals surface area contributed by atoms with Crippen molar-refractivity contribution in [1.29, 1.82) is 0 Å². The monoisotopic (exact) mass is 335 g/mol. The third-order valence-electron chi connectivity index (χ3n) is 3.66. The van der Waals surface area contributed by atoms with Gasteiger partial charge in [0.2, 0.25) is 10.0 Å². The van der Waals surface area contributed by atoms with Crippen molar-refractivity contribution in [2.45, 2.75) is 48.4 Å². The maximum absolute atomic E-state index is 13.0. The number of rotatable bonds is 4. The summed E-state index contributed by atoms with van der Waals surface area (Å²) in [6, 6.07) is 4.17. The highest BCUT2D eigenvalue weighted by Gasteiger charge is 2.25. The Labute approximate surface area is 124 Å². The molecule has 1 aliphatic rings. The Bertz CT molecular complexity index is 715. The Morgan fingerprint density at radius 1 is 1.14 bits per heavy atom. The summed E-state index contributed by atoms with van der Waals surface area (Å²) in [5, 5.41) is 0. The van der Waals surface area contributed by atoms with Crippen LogP contribution in [0.1, 0.15) is 32.6 Å². The molecule has 1 fully saturated rings. The molecule has 2 unspecified atom stereocenters. The number of hydrogen-bond acceptors (Lipinski definition) is 4. The molecule has 0 saturated heterocycles. The normalized spacial score (nSPS) is 23.9. The quantitative estimate of drug-likeness (QED) is 0.856. The predicted octanol–water partition coefficient (Wildman–Crippen LogP) is 2.20. The minimum atomic E-state index is -4.92. The van der Waals surface area contributed by atoms with Crippen molar-refractivity contribution in [2.75, 3.05) is 0 Å². The van der Waals surface area contributed by atoms with E-state index in [-0.39, 0.29) is 10.9 Å². The van der Waals surface area contributed by atoms with Crippen LogP contribution < -0.4 is 4.72 Å². The van der Waals surface area contributed by atoms with Crippen molar-refractivity contribution in [3.8, 4) is 0 Å². The average Bonchev–Trinajstić information content (AvgIpc) is 2.37. The summed E-state index contributed by atoms with van der Waals surface area (Å²) in [4.78, 5) is -0.887. The van der Waals surface area contributed by atoms with Gasteiger partial charge in [0.25, 0.3) is 0 Å². The van der Waals surface area contributed by atoms with Crippen molar-refractivity contribution in [1.82, 2.24) is 4.72 Å². The topological polar surface area (TPSA) is 80.3 Å². The van der Waals surface area contributed by atoms with E-state index in [1.807, 2.05) is 0 Å². The smallest absolute Gasteiger partial charge is 0.208 e. The standard InChI is InChI=1S/C13H18FNO4S2/c1-10-4-2-5-11(8-10)15-21(18,19)13-7-3-6-12(9-13)20(14,16)17/h3,6-7,9-11,15H,2,4-5,8H2,1H3. The number of sulfonamides is 1. The molecule has 0 spiro atoms. The van der Waals surface area contributed by atoms with Crippen molar-refractivity contribution in [2.24, 2.45) is 5.92 Å². The largest absolute Gasteiger partial charge is 0.332 e. The van der Waals surface area contributed by atoms with Crippen molar-refractivity contribution in [3.63, 3.8) is 0 Å². The molecule has 2 rings (SSSR count). The van der Waals surface area contributed by atoms with Gasteiger partial charge in [-0.05, 0) is 37.0 Å². The molecule has 5 nitrogen and oxygen atoms in total. The molecule has 1 aromatic rings. The lowest BCUT2D eigenvalue weighted by molar-refractivity contribution is 0.327. The molecule has 0 heterocycles. The zero-order valence-electron chi connectivity index (χ0n) is 11.6. The first kappa shape index (κ1) is 16.4. The van der Waals surface area contributed by atoms with Crippen LogP contribution in [-0.4, -0.2) is 22.9 Å². The van der Waals surface area contributed by atoms with E-state index in [0.29, 0.717) is 5.92 Å². The second-order valence-corrected chi connectivity index (χ2v) is 8.56. The lowest BCUT2D eigenvalue weighted by Crippen LogP contribution is -2.37. The van der Waals surface area contributed by atoms with Crippen LogP contribution in [0.15, 0.2) is 34.1 Å². The summed E-state index contributed by atoms with van der Waals surface area (Å²) in [5.74, 6) is 0.448. The summed E-state index contributed by atoms with van der Waals surface area (Å²) in [5.41, 5.74) is 0. The minimum absolute atomic E-state index is 0.163. The van der Waals surface area contributed by atoms with Crippen molar-refractivity contribution in [3.05, 3.63) is 24.3 Å². The third-order valence-corrected chi connectivity index (χ3v) is 5.99. The SMILES string of the molecule is CC1CCCC(NS(=O)(=O)c2cccc(S(=O)(=O)F)c2)C1. The molecule has 0 amide bonds. The molecule has 2 atom stereocenters. The Kier molecular flexibility index (Phi) is 4.69. The molecular formula is C13H18FNO4S2. The van der Waals surface area contributed by atoms with E-state index in [2.05, 4.69) is 11.6 Å². The summed E-state index contributed by atoms with van der Waals surface area (Å²) >= 11 is 0. The van der Waals surface area contributed by atoms with Crippen LogP contribution >= 0.6 is 0 Å². The van der Waals surface area contributed by atoms with Gasteiger partial charge < -0.3 is 0 Å². The van der Waals surface area contributed by atoms with Crippen LogP contribution in [0.2, 0.25) is 0 Å². The van der Waals surface area contributed by atoms with Gasteiger partial charge >= 0.3 is 10.2 Å². The minimum Gasteiger partial charge on any atom is -0.208 e. The summed E-state index contributed by atoms with van der Waals surface area (Å²) in [6.07, 6.45) is 3.53. The molecule has 118 valence electrons. The maximum Gasteiger partial charge on any atom is 0.332 e. The van der Waals surface area contributed by atoms with Gasteiger partial charge in [-0.1, -0.05) is 25.8 Å². The average molecular weight is 335 g/mol. The molecule has 1 saturated carbocycles. The first-order valence-electron chi connectivity index (χ1n) is 6.75. The summed E-state index contributed by atoms with van der Waals surface area (Å²) in [6.45, 7) is 2.07. The van der Waals surface area contributed by atoms with E-state index < -0.39 is 25.1 Å². The lowest BCUT2D eigenvalue weighted by atomic mass is 9.88. The van der Waals surface area contributed by atoms with Crippen LogP contribution in [-0.2, 0) is 20.2 Å². The first-order valence-corrected chi connectivity index (χ1v) is 9.62. The number of benzene rings is 1. The van der Waals surface area contributed by atoms with E-state index in [1.165, 1.54) is 12.1 Å². The zero-order chi connectivity index (χ0) is 15.7. The van der Waals surface area contributed by atoms with E-state index in [0.717, 1.165) is 37.8 Å². The Hall–Kier alpha value is -0.990.